The van der Waals surface area contributed by atoms with E-state index in [-0.39, 0.29) is 15.8 Å². The first kappa shape index (κ1) is 12.6. The minimum atomic E-state index is -3.83. The van der Waals surface area contributed by atoms with E-state index in [0.717, 1.165) is 4.31 Å². The molecular weight excluding hydrogens is 261 g/mol. The molecule has 0 fully saturated rings. The van der Waals surface area contributed by atoms with Gasteiger partial charge in [0, 0.05) is 14.1 Å². The van der Waals surface area contributed by atoms with E-state index in [4.69, 9.17) is 27.4 Å². The third kappa shape index (κ3) is 2.98. The molecule has 0 N–H and O–H groups in total. The van der Waals surface area contributed by atoms with Gasteiger partial charge in [-0.15, -0.1) is 0 Å². The van der Waals surface area contributed by atoms with E-state index in [0.29, 0.717) is 0 Å². The Morgan fingerprint density at radius 1 is 1.20 bits per heavy atom. The third-order valence-electron chi connectivity index (χ3n) is 1.55. The number of hydrogen-bond donors (Lipinski definition) is 0. The van der Waals surface area contributed by atoms with E-state index >= 15 is 0 Å². The quantitative estimate of drug-likeness (QED) is 0.845. The van der Waals surface area contributed by atoms with Gasteiger partial charge in [-0.25, -0.2) is 0 Å². The molecule has 1 aromatic rings. The summed E-state index contributed by atoms with van der Waals surface area (Å²) in [5.74, 6) is -0.0606. The first-order chi connectivity index (χ1) is 6.84. The van der Waals surface area contributed by atoms with Crippen molar-refractivity contribution in [2.75, 3.05) is 14.1 Å². The molecule has 15 heavy (non-hydrogen) atoms. The number of halogens is 2. The molecule has 0 atom stereocenters. The van der Waals surface area contributed by atoms with Gasteiger partial charge in [0.05, 0.1) is 10.0 Å². The highest BCUT2D eigenvalue weighted by atomic mass is 35.5. The average Bonchev–Trinajstić information content (AvgIpc) is 2.11. The van der Waals surface area contributed by atoms with Crippen molar-refractivity contribution in [3.8, 4) is 5.75 Å². The minimum Gasteiger partial charge on any atom is -0.368 e. The maximum atomic E-state index is 11.4. The molecule has 1 aromatic carbocycles. The van der Waals surface area contributed by atoms with Gasteiger partial charge in [0.2, 0.25) is 0 Å². The fourth-order valence-corrected chi connectivity index (χ4v) is 1.85. The van der Waals surface area contributed by atoms with Crippen LogP contribution in [0, 0.1) is 0 Å². The van der Waals surface area contributed by atoms with Gasteiger partial charge in [-0.1, -0.05) is 29.3 Å². The second kappa shape index (κ2) is 4.57. The topological polar surface area (TPSA) is 46.6 Å². The summed E-state index contributed by atoms with van der Waals surface area (Å²) in [6, 6.07) is 4.59. The highest BCUT2D eigenvalue weighted by molar-refractivity contribution is 7.84. The molecule has 7 heteroatoms. The van der Waals surface area contributed by atoms with Crippen LogP contribution in [-0.4, -0.2) is 26.8 Å². The van der Waals surface area contributed by atoms with Crippen LogP contribution in [0.15, 0.2) is 18.2 Å². The number of rotatable bonds is 3. The summed E-state index contributed by atoms with van der Waals surface area (Å²) in [7, 11) is -1.14. The average molecular weight is 270 g/mol. The molecule has 0 spiro atoms. The van der Waals surface area contributed by atoms with E-state index in [1.807, 2.05) is 0 Å². The van der Waals surface area contributed by atoms with Crippen molar-refractivity contribution in [1.29, 1.82) is 0 Å². The van der Waals surface area contributed by atoms with Crippen molar-refractivity contribution in [2.24, 2.45) is 0 Å². The highest BCUT2D eigenvalue weighted by Gasteiger charge is 2.19. The molecule has 0 heterocycles. The Bertz CT molecular complexity index is 439. The lowest BCUT2D eigenvalue weighted by molar-refractivity contribution is 0.421. The molecule has 0 saturated carbocycles. The van der Waals surface area contributed by atoms with Crippen LogP contribution in [0.2, 0.25) is 10.0 Å². The van der Waals surface area contributed by atoms with Crippen LogP contribution in [-0.2, 0) is 10.3 Å². The molecular formula is C8H9Cl2NO3S. The van der Waals surface area contributed by atoms with Crippen molar-refractivity contribution >= 4 is 33.5 Å². The first-order valence-corrected chi connectivity index (χ1v) is 6.02. The number of benzene rings is 1. The SMILES string of the molecule is CN(C)S(=O)(=O)Oc1c(Cl)cccc1Cl. The van der Waals surface area contributed by atoms with Crippen LogP contribution in [0.4, 0.5) is 0 Å². The molecule has 0 amide bonds. The van der Waals surface area contributed by atoms with Gasteiger partial charge in [0.15, 0.2) is 5.75 Å². The molecule has 0 unspecified atom stereocenters. The molecule has 84 valence electrons. The molecule has 0 saturated heterocycles. The highest BCUT2D eigenvalue weighted by Crippen LogP contribution is 2.33. The van der Waals surface area contributed by atoms with Crippen LogP contribution >= 0.6 is 23.2 Å². The zero-order valence-electron chi connectivity index (χ0n) is 8.07. The van der Waals surface area contributed by atoms with Gasteiger partial charge < -0.3 is 4.18 Å². The smallest absolute Gasteiger partial charge is 0.368 e. The fraction of sp³-hybridized carbons (Fsp3) is 0.250. The third-order valence-corrected chi connectivity index (χ3v) is 3.42. The van der Waals surface area contributed by atoms with Crippen LogP contribution in [0.3, 0.4) is 0 Å². The standard InChI is InChI=1S/C8H9Cl2NO3S/c1-11(2)15(12,13)14-8-6(9)4-3-5-7(8)10/h3-5H,1-2H3. The summed E-state index contributed by atoms with van der Waals surface area (Å²) in [4.78, 5) is 0. The Kier molecular flexibility index (Phi) is 3.83. The zero-order valence-corrected chi connectivity index (χ0v) is 10.4. The summed E-state index contributed by atoms with van der Waals surface area (Å²) >= 11 is 11.5. The Balaban J connectivity index is 3.11. The summed E-state index contributed by atoms with van der Waals surface area (Å²) in [5, 5.41) is 0.292. The summed E-state index contributed by atoms with van der Waals surface area (Å²) < 4.78 is 28.5. The van der Waals surface area contributed by atoms with Crippen molar-refractivity contribution in [2.45, 2.75) is 0 Å². The van der Waals surface area contributed by atoms with Crippen molar-refractivity contribution in [1.82, 2.24) is 4.31 Å². The maximum absolute atomic E-state index is 11.4. The van der Waals surface area contributed by atoms with E-state index in [1.54, 1.807) is 6.07 Å². The molecule has 4 nitrogen and oxygen atoms in total. The van der Waals surface area contributed by atoms with Crippen molar-refractivity contribution in [3.63, 3.8) is 0 Å². The molecule has 0 bridgehead atoms. The molecule has 1 rings (SSSR count). The molecule has 0 aliphatic heterocycles. The van der Waals surface area contributed by atoms with Crippen LogP contribution in [0.1, 0.15) is 0 Å². The van der Waals surface area contributed by atoms with E-state index < -0.39 is 10.3 Å². The van der Waals surface area contributed by atoms with Gasteiger partial charge >= 0.3 is 10.3 Å². The first-order valence-electron chi connectivity index (χ1n) is 3.90. The Morgan fingerprint density at radius 3 is 2.07 bits per heavy atom. The Hall–Kier alpha value is -0.490. The number of para-hydroxylation sites is 1. The van der Waals surface area contributed by atoms with Gasteiger partial charge in [-0.05, 0) is 12.1 Å². The van der Waals surface area contributed by atoms with Crippen molar-refractivity contribution in [3.05, 3.63) is 28.2 Å². The van der Waals surface area contributed by atoms with Crippen LogP contribution < -0.4 is 4.18 Å². The molecule has 0 radical (unpaired) electrons. The summed E-state index contributed by atoms with van der Waals surface area (Å²) in [6.45, 7) is 0. The van der Waals surface area contributed by atoms with Crippen molar-refractivity contribution < 1.29 is 12.6 Å². The van der Waals surface area contributed by atoms with E-state index in [2.05, 4.69) is 0 Å². The maximum Gasteiger partial charge on any atom is 0.384 e. The fourth-order valence-electron chi connectivity index (χ4n) is 0.742. The Labute approximate surface area is 98.6 Å². The van der Waals surface area contributed by atoms with Crippen LogP contribution in [0.25, 0.3) is 0 Å². The predicted molar refractivity (Wildman–Crippen MR) is 59.7 cm³/mol. The lowest BCUT2D eigenvalue weighted by Crippen LogP contribution is -2.27. The van der Waals surface area contributed by atoms with Gasteiger partial charge in [-0.3, -0.25) is 0 Å². The second-order valence-corrected chi connectivity index (χ2v) is 5.44. The second-order valence-electron chi connectivity index (χ2n) is 2.87. The normalized spacial score (nSPS) is 11.8. The molecule has 0 aliphatic rings. The van der Waals surface area contributed by atoms with Gasteiger partial charge in [0.25, 0.3) is 0 Å². The van der Waals surface area contributed by atoms with Gasteiger partial charge in [0.1, 0.15) is 0 Å². The monoisotopic (exact) mass is 269 g/mol. The number of nitrogens with zero attached hydrogens (tertiary/aromatic N) is 1. The number of hydrogen-bond acceptors (Lipinski definition) is 3. The van der Waals surface area contributed by atoms with Crippen LogP contribution in [0.5, 0.6) is 5.75 Å². The van der Waals surface area contributed by atoms with E-state index in [1.165, 1.54) is 26.2 Å². The summed E-state index contributed by atoms with van der Waals surface area (Å²) in [6.07, 6.45) is 0. The Morgan fingerprint density at radius 2 is 1.67 bits per heavy atom. The lowest BCUT2D eigenvalue weighted by atomic mass is 10.3. The zero-order chi connectivity index (χ0) is 11.6. The summed E-state index contributed by atoms with van der Waals surface area (Å²) in [5.41, 5.74) is 0. The molecule has 0 aliphatic carbocycles. The predicted octanol–water partition coefficient (Wildman–Crippen LogP) is 2.18. The molecule has 0 aromatic heterocycles. The lowest BCUT2D eigenvalue weighted by Gasteiger charge is -2.13. The van der Waals surface area contributed by atoms with E-state index in [9.17, 15) is 8.42 Å². The minimum absolute atomic E-state index is 0.0606. The van der Waals surface area contributed by atoms with Gasteiger partial charge in [-0.2, -0.15) is 12.7 Å². The largest absolute Gasteiger partial charge is 0.384 e.